The molecule has 86 valence electrons. The largest absolute Gasteiger partial charge is 0.487 e. The smallest absolute Gasteiger partial charge is 0.252 e. The lowest BCUT2D eigenvalue weighted by Gasteiger charge is -2.17. The number of fused-ring (bicyclic) bond motifs is 3. The Bertz CT molecular complexity index is 619. The molecule has 1 aromatic carbocycles. The average Bonchev–Trinajstić information content (AvgIpc) is 2.65. The second kappa shape index (κ2) is 3.49. The minimum absolute atomic E-state index is 0.417. The van der Waals surface area contributed by atoms with E-state index < -0.39 is 5.91 Å². The first-order valence-electron chi connectivity index (χ1n) is 5.11. The van der Waals surface area contributed by atoms with Gasteiger partial charge in [0.25, 0.3) is 5.91 Å². The molecule has 0 bridgehead atoms. The number of ether oxygens (including phenoxy) is 1. The number of carbonyl (C=O) groups is 1. The first-order chi connectivity index (χ1) is 8.18. The quantitative estimate of drug-likeness (QED) is 0.807. The number of anilines is 1. The van der Waals surface area contributed by atoms with Crippen molar-refractivity contribution in [3.63, 3.8) is 0 Å². The number of nitrogen functional groups attached to an aromatic ring is 1. The van der Waals surface area contributed by atoms with Crippen molar-refractivity contribution < 1.29 is 9.53 Å². The zero-order valence-corrected chi connectivity index (χ0v) is 9.71. The minimum Gasteiger partial charge on any atom is -0.487 e. The van der Waals surface area contributed by atoms with Gasteiger partial charge in [-0.1, -0.05) is 18.2 Å². The summed E-state index contributed by atoms with van der Waals surface area (Å²) < 4.78 is 5.60. The van der Waals surface area contributed by atoms with Gasteiger partial charge >= 0.3 is 0 Å². The van der Waals surface area contributed by atoms with Gasteiger partial charge in [-0.2, -0.15) is 0 Å². The van der Waals surface area contributed by atoms with E-state index >= 15 is 0 Å². The molecule has 4 N–H and O–H groups in total. The van der Waals surface area contributed by atoms with E-state index in [1.807, 2.05) is 24.3 Å². The van der Waals surface area contributed by atoms with Crippen LogP contribution in [-0.4, -0.2) is 5.91 Å². The molecule has 2 aromatic rings. The molecule has 0 aliphatic carbocycles. The number of benzene rings is 1. The Morgan fingerprint density at radius 1 is 1.35 bits per heavy atom. The Morgan fingerprint density at radius 3 is 2.88 bits per heavy atom. The van der Waals surface area contributed by atoms with Crippen molar-refractivity contribution in [2.24, 2.45) is 5.73 Å². The van der Waals surface area contributed by atoms with Crippen LogP contribution in [0.1, 0.15) is 15.2 Å². The van der Waals surface area contributed by atoms with Crippen LogP contribution in [0.5, 0.6) is 5.75 Å². The minimum atomic E-state index is -0.489. The molecule has 5 heteroatoms. The molecule has 17 heavy (non-hydrogen) atoms. The lowest BCUT2D eigenvalue weighted by molar-refractivity contribution is 0.100. The molecule has 2 heterocycles. The maximum Gasteiger partial charge on any atom is 0.252 e. The maximum absolute atomic E-state index is 11.5. The predicted octanol–water partition coefficient (Wildman–Crippen LogP) is 1.99. The summed E-state index contributed by atoms with van der Waals surface area (Å²) in [4.78, 5) is 12.4. The molecule has 1 aliphatic heterocycles. The number of hydrogen-bond acceptors (Lipinski definition) is 4. The van der Waals surface area contributed by atoms with Crippen LogP contribution in [0.4, 0.5) is 5.00 Å². The van der Waals surface area contributed by atoms with Crippen molar-refractivity contribution in [1.82, 2.24) is 0 Å². The van der Waals surface area contributed by atoms with Crippen LogP contribution >= 0.6 is 11.3 Å². The molecule has 0 saturated heterocycles. The summed E-state index contributed by atoms with van der Waals surface area (Å²) in [5.74, 6) is 0.275. The third-order valence-electron chi connectivity index (χ3n) is 2.77. The molecule has 0 radical (unpaired) electrons. The zero-order chi connectivity index (χ0) is 12.0. The standard InChI is InChI=1S/C12H10N2O2S/c13-11(15)10-9-6-3-1-2-4-7(6)16-5-8(9)17-12(10)14/h1-4H,5,14H2,(H2,13,15). The van der Waals surface area contributed by atoms with Gasteiger partial charge in [-0.3, -0.25) is 4.79 Å². The topological polar surface area (TPSA) is 78.3 Å². The van der Waals surface area contributed by atoms with Crippen LogP contribution in [0, 0.1) is 0 Å². The number of para-hydroxylation sites is 1. The van der Waals surface area contributed by atoms with Crippen LogP contribution in [0.15, 0.2) is 24.3 Å². The van der Waals surface area contributed by atoms with Gasteiger partial charge in [0.15, 0.2) is 0 Å². The Morgan fingerprint density at radius 2 is 2.12 bits per heavy atom. The monoisotopic (exact) mass is 246 g/mol. The first-order valence-corrected chi connectivity index (χ1v) is 5.93. The van der Waals surface area contributed by atoms with E-state index in [1.54, 1.807) is 0 Å². The van der Waals surface area contributed by atoms with Crippen LogP contribution in [0.3, 0.4) is 0 Å². The molecule has 1 amide bonds. The fourth-order valence-corrected chi connectivity index (χ4v) is 3.07. The van der Waals surface area contributed by atoms with E-state index in [0.29, 0.717) is 17.2 Å². The number of nitrogens with two attached hydrogens (primary N) is 2. The highest BCUT2D eigenvalue weighted by atomic mass is 32.1. The summed E-state index contributed by atoms with van der Waals surface area (Å²) in [6.45, 7) is 0.439. The zero-order valence-electron chi connectivity index (χ0n) is 8.90. The normalized spacial score (nSPS) is 12.5. The summed E-state index contributed by atoms with van der Waals surface area (Å²) in [5.41, 5.74) is 13.4. The summed E-state index contributed by atoms with van der Waals surface area (Å²) in [6.07, 6.45) is 0. The van der Waals surface area contributed by atoms with Gasteiger partial charge in [0.2, 0.25) is 0 Å². The van der Waals surface area contributed by atoms with Gasteiger partial charge in [-0.15, -0.1) is 11.3 Å². The second-order valence-corrected chi connectivity index (χ2v) is 4.93. The van der Waals surface area contributed by atoms with Crippen LogP contribution in [0.2, 0.25) is 0 Å². The number of hydrogen-bond donors (Lipinski definition) is 2. The van der Waals surface area contributed by atoms with Gasteiger partial charge < -0.3 is 16.2 Å². The van der Waals surface area contributed by atoms with E-state index in [4.69, 9.17) is 16.2 Å². The van der Waals surface area contributed by atoms with Crippen molar-refractivity contribution in [2.75, 3.05) is 5.73 Å². The average molecular weight is 246 g/mol. The molecule has 1 aliphatic rings. The van der Waals surface area contributed by atoms with Crippen molar-refractivity contribution in [3.8, 4) is 16.9 Å². The highest BCUT2D eigenvalue weighted by Crippen LogP contribution is 2.45. The van der Waals surface area contributed by atoms with Gasteiger partial charge in [0.05, 0.1) is 15.4 Å². The van der Waals surface area contributed by atoms with Crippen LogP contribution in [0.25, 0.3) is 11.1 Å². The van der Waals surface area contributed by atoms with Crippen molar-refractivity contribution >= 4 is 22.2 Å². The van der Waals surface area contributed by atoms with Crippen LogP contribution < -0.4 is 16.2 Å². The van der Waals surface area contributed by atoms with Gasteiger partial charge in [-0.05, 0) is 6.07 Å². The Kier molecular flexibility index (Phi) is 2.09. The maximum atomic E-state index is 11.5. The lowest BCUT2D eigenvalue weighted by Crippen LogP contribution is -2.14. The SMILES string of the molecule is NC(=O)c1c(N)sc2c1-c1ccccc1OC2. The Balaban J connectivity index is 2.34. The van der Waals surface area contributed by atoms with Crippen molar-refractivity contribution in [1.29, 1.82) is 0 Å². The van der Waals surface area contributed by atoms with Gasteiger partial charge in [0.1, 0.15) is 12.4 Å². The van der Waals surface area contributed by atoms with E-state index in [-0.39, 0.29) is 0 Å². The molecule has 0 saturated carbocycles. The molecule has 3 rings (SSSR count). The van der Waals surface area contributed by atoms with Crippen molar-refractivity contribution in [2.45, 2.75) is 6.61 Å². The molecule has 0 spiro atoms. The number of thiophene rings is 1. The van der Waals surface area contributed by atoms with E-state index in [2.05, 4.69) is 0 Å². The Labute approximate surface area is 102 Å². The summed E-state index contributed by atoms with van der Waals surface area (Å²) in [5, 5.41) is 0.461. The molecular formula is C12H10N2O2S. The highest BCUT2D eigenvalue weighted by molar-refractivity contribution is 7.17. The molecule has 0 atom stereocenters. The summed E-state index contributed by atoms with van der Waals surface area (Å²) in [7, 11) is 0. The molecule has 4 nitrogen and oxygen atoms in total. The number of primary amides is 1. The summed E-state index contributed by atoms with van der Waals surface area (Å²) >= 11 is 1.36. The van der Waals surface area contributed by atoms with E-state index in [9.17, 15) is 4.79 Å². The third kappa shape index (κ3) is 1.39. The van der Waals surface area contributed by atoms with Crippen LogP contribution in [-0.2, 0) is 6.61 Å². The fraction of sp³-hybridized carbons (Fsp3) is 0.0833. The number of carbonyl (C=O) groups excluding carboxylic acids is 1. The van der Waals surface area contributed by atoms with Gasteiger partial charge in [0, 0.05) is 11.1 Å². The fourth-order valence-electron chi connectivity index (χ4n) is 2.07. The molecule has 0 unspecified atom stereocenters. The van der Waals surface area contributed by atoms with E-state index in [1.165, 1.54) is 11.3 Å². The third-order valence-corrected chi connectivity index (χ3v) is 3.76. The number of amides is 1. The first kappa shape index (κ1) is 10.2. The second-order valence-electron chi connectivity index (χ2n) is 3.79. The van der Waals surface area contributed by atoms with E-state index in [0.717, 1.165) is 21.8 Å². The predicted molar refractivity (Wildman–Crippen MR) is 67.0 cm³/mol. The summed E-state index contributed by atoms with van der Waals surface area (Å²) in [6, 6.07) is 7.57. The lowest BCUT2D eigenvalue weighted by atomic mass is 9.98. The van der Waals surface area contributed by atoms with Gasteiger partial charge in [-0.25, -0.2) is 0 Å². The molecular weight excluding hydrogens is 236 g/mol. The highest BCUT2D eigenvalue weighted by Gasteiger charge is 2.27. The van der Waals surface area contributed by atoms with Crippen molar-refractivity contribution in [3.05, 3.63) is 34.7 Å². The number of rotatable bonds is 1. The molecule has 0 fully saturated rings. The molecule has 1 aromatic heterocycles. The Hall–Kier alpha value is -2.01.